The van der Waals surface area contributed by atoms with Gasteiger partial charge in [0.05, 0.1) is 23.4 Å². The molecule has 0 unspecified atom stereocenters. The van der Waals surface area contributed by atoms with Crippen molar-refractivity contribution in [3.8, 4) is 5.75 Å². The summed E-state index contributed by atoms with van der Waals surface area (Å²) in [4.78, 5) is 23.3. The minimum Gasteiger partial charge on any atom is -0.491 e. The Morgan fingerprint density at radius 2 is 2.07 bits per heavy atom. The standard InChI is InChI=1S/C19H22N4O2S2/c1-4-9-25-14-8-6-5-7-13(14)21-15(24)10-26-19-22-17(20)16-11(2)12(3)27-18(16)23-19/h5-8H,4,9-10H2,1-3H3,(H,21,24)(H2,20,22,23). The van der Waals surface area contributed by atoms with Crippen molar-refractivity contribution in [1.82, 2.24) is 9.97 Å². The molecular weight excluding hydrogens is 380 g/mol. The Bertz CT molecular complexity index is 972. The summed E-state index contributed by atoms with van der Waals surface area (Å²) in [6.07, 6.45) is 0.904. The number of carbonyl (C=O) groups is 1. The van der Waals surface area contributed by atoms with Crippen molar-refractivity contribution < 1.29 is 9.53 Å². The van der Waals surface area contributed by atoms with E-state index in [2.05, 4.69) is 15.3 Å². The van der Waals surface area contributed by atoms with E-state index in [0.29, 0.717) is 29.0 Å². The third-order valence-electron chi connectivity index (χ3n) is 3.99. The van der Waals surface area contributed by atoms with E-state index < -0.39 is 0 Å². The zero-order valence-corrected chi connectivity index (χ0v) is 17.2. The Morgan fingerprint density at radius 3 is 2.85 bits per heavy atom. The number of thiophene rings is 1. The van der Waals surface area contributed by atoms with Gasteiger partial charge in [-0.05, 0) is 38.0 Å². The molecule has 3 aromatic rings. The summed E-state index contributed by atoms with van der Waals surface area (Å²) in [5, 5.41) is 4.30. The van der Waals surface area contributed by atoms with Gasteiger partial charge in [0.25, 0.3) is 0 Å². The molecule has 0 bridgehead atoms. The summed E-state index contributed by atoms with van der Waals surface area (Å²) in [7, 11) is 0. The molecule has 3 rings (SSSR count). The highest BCUT2D eigenvalue weighted by atomic mass is 32.2. The third-order valence-corrected chi connectivity index (χ3v) is 5.94. The quantitative estimate of drug-likeness (QED) is 0.449. The monoisotopic (exact) mass is 402 g/mol. The second-order valence-electron chi connectivity index (χ2n) is 6.04. The number of amides is 1. The summed E-state index contributed by atoms with van der Waals surface area (Å²) in [6, 6.07) is 7.41. The molecule has 1 aromatic carbocycles. The van der Waals surface area contributed by atoms with E-state index in [0.717, 1.165) is 22.2 Å². The normalized spacial score (nSPS) is 10.9. The highest BCUT2D eigenvalue weighted by molar-refractivity contribution is 7.99. The molecule has 0 saturated carbocycles. The topological polar surface area (TPSA) is 90.1 Å². The molecule has 0 radical (unpaired) electrons. The molecule has 0 aliphatic carbocycles. The number of hydrogen-bond acceptors (Lipinski definition) is 7. The zero-order valence-electron chi connectivity index (χ0n) is 15.5. The maximum Gasteiger partial charge on any atom is 0.234 e. The number of ether oxygens (including phenoxy) is 1. The van der Waals surface area contributed by atoms with Crippen molar-refractivity contribution in [3.05, 3.63) is 34.7 Å². The molecule has 0 aliphatic heterocycles. The molecule has 2 aromatic heterocycles. The first-order valence-corrected chi connectivity index (χ1v) is 10.5. The fourth-order valence-electron chi connectivity index (χ4n) is 2.55. The third kappa shape index (κ3) is 4.51. The second-order valence-corrected chi connectivity index (χ2v) is 8.18. The molecule has 6 nitrogen and oxygen atoms in total. The van der Waals surface area contributed by atoms with Crippen LogP contribution in [0, 0.1) is 13.8 Å². The fraction of sp³-hybridized carbons (Fsp3) is 0.316. The average molecular weight is 403 g/mol. The number of nitrogens with one attached hydrogen (secondary N) is 1. The van der Waals surface area contributed by atoms with E-state index in [9.17, 15) is 4.79 Å². The lowest BCUT2D eigenvalue weighted by Gasteiger charge is -2.11. The number of fused-ring (bicyclic) bond motifs is 1. The van der Waals surface area contributed by atoms with Crippen LogP contribution in [0.2, 0.25) is 0 Å². The molecule has 0 saturated heterocycles. The molecule has 0 spiro atoms. The van der Waals surface area contributed by atoms with Gasteiger partial charge in [-0.2, -0.15) is 0 Å². The summed E-state index contributed by atoms with van der Waals surface area (Å²) >= 11 is 2.86. The number of benzene rings is 1. The zero-order chi connectivity index (χ0) is 19.4. The maximum atomic E-state index is 12.3. The second kappa shape index (κ2) is 8.58. The molecule has 27 heavy (non-hydrogen) atoms. The van der Waals surface area contributed by atoms with Crippen LogP contribution >= 0.6 is 23.1 Å². The van der Waals surface area contributed by atoms with Crippen LogP contribution in [0.5, 0.6) is 5.75 Å². The van der Waals surface area contributed by atoms with Crippen LogP contribution in [0.1, 0.15) is 23.8 Å². The first-order valence-electron chi connectivity index (χ1n) is 8.67. The van der Waals surface area contributed by atoms with Gasteiger partial charge in [-0.15, -0.1) is 11.3 Å². The number of hydrogen-bond donors (Lipinski definition) is 2. The lowest BCUT2D eigenvalue weighted by Crippen LogP contribution is -2.15. The van der Waals surface area contributed by atoms with Crippen LogP contribution in [0.3, 0.4) is 0 Å². The number of aromatic nitrogens is 2. The molecule has 0 fully saturated rings. The first kappa shape index (κ1) is 19.4. The van der Waals surface area contributed by atoms with Gasteiger partial charge in [-0.25, -0.2) is 9.97 Å². The highest BCUT2D eigenvalue weighted by Crippen LogP contribution is 2.33. The molecule has 3 N–H and O–H groups in total. The van der Waals surface area contributed by atoms with Crippen LogP contribution in [-0.4, -0.2) is 28.2 Å². The number of carbonyl (C=O) groups excluding carboxylic acids is 1. The number of nitrogen functional groups attached to an aromatic ring is 1. The lowest BCUT2D eigenvalue weighted by atomic mass is 10.2. The predicted molar refractivity (Wildman–Crippen MR) is 113 cm³/mol. The van der Waals surface area contributed by atoms with Crippen LogP contribution in [0.25, 0.3) is 10.2 Å². The summed E-state index contributed by atoms with van der Waals surface area (Å²) in [5.74, 6) is 1.18. The van der Waals surface area contributed by atoms with Crippen molar-refractivity contribution in [3.63, 3.8) is 0 Å². The number of rotatable bonds is 7. The molecule has 8 heteroatoms. The van der Waals surface area contributed by atoms with Crippen molar-refractivity contribution in [2.75, 3.05) is 23.4 Å². The Morgan fingerprint density at radius 1 is 1.30 bits per heavy atom. The fourth-order valence-corrected chi connectivity index (χ4v) is 4.29. The molecule has 2 heterocycles. The van der Waals surface area contributed by atoms with E-state index >= 15 is 0 Å². The van der Waals surface area contributed by atoms with E-state index in [1.54, 1.807) is 11.3 Å². The largest absolute Gasteiger partial charge is 0.491 e. The smallest absolute Gasteiger partial charge is 0.234 e. The van der Waals surface area contributed by atoms with E-state index in [1.807, 2.05) is 45.0 Å². The molecule has 0 atom stereocenters. The van der Waals surface area contributed by atoms with Crippen molar-refractivity contribution >= 4 is 50.7 Å². The van der Waals surface area contributed by atoms with Crippen LogP contribution in [0.15, 0.2) is 29.4 Å². The molecule has 1 amide bonds. The Kier molecular flexibility index (Phi) is 6.18. The Hall–Kier alpha value is -2.32. The van der Waals surface area contributed by atoms with Gasteiger partial charge < -0.3 is 15.8 Å². The number of anilines is 2. The highest BCUT2D eigenvalue weighted by Gasteiger charge is 2.14. The van der Waals surface area contributed by atoms with Crippen LogP contribution in [-0.2, 0) is 4.79 Å². The summed E-state index contributed by atoms with van der Waals surface area (Å²) < 4.78 is 5.67. The van der Waals surface area contributed by atoms with Gasteiger partial charge in [0, 0.05) is 4.88 Å². The van der Waals surface area contributed by atoms with Gasteiger partial charge in [0.15, 0.2) is 5.16 Å². The van der Waals surface area contributed by atoms with Crippen molar-refractivity contribution in [2.24, 2.45) is 0 Å². The Balaban J connectivity index is 1.67. The number of nitrogens with two attached hydrogens (primary N) is 1. The maximum absolute atomic E-state index is 12.3. The summed E-state index contributed by atoms with van der Waals surface area (Å²) in [5.41, 5.74) is 7.87. The first-order chi connectivity index (χ1) is 13.0. The predicted octanol–water partition coefficient (Wildman–Crippen LogP) is 4.41. The van der Waals surface area contributed by atoms with Crippen LogP contribution in [0.4, 0.5) is 11.5 Å². The molecule has 0 aliphatic rings. The Labute approximate surface area is 166 Å². The molecule has 142 valence electrons. The van der Waals surface area contributed by atoms with E-state index in [4.69, 9.17) is 10.5 Å². The molecular formula is C19H22N4O2S2. The van der Waals surface area contributed by atoms with Crippen molar-refractivity contribution in [2.45, 2.75) is 32.3 Å². The lowest BCUT2D eigenvalue weighted by molar-refractivity contribution is -0.113. The van der Waals surface area contributed by atoms with Crippen molar-refractivity contribution in [1.29, 1.82) is 0 Å². The van der Waals surface area contributed by atoms with Gasteiger partial charge >= 0.3 is 0 Å². The van der Waals surface area contributed by atoms with Gasteiger partial charge in [-0.3, -0.25) is 4.79 Å². The minimum absolute atomic E-state index is 0.145. The number of aryl methyl sites for hydroxylation is 2. The SMILES string of the molecule is CCCOc1ccccc1NC(=O)CSc1nc(N)c2c(C)c(C)sc2n1. The number of para-hydroxylation sites is 2. The number of nitrogens with zero attached hydrogens (tertiary/aromatic N) is 2. The van der Waals surface area contributed by atoms with Crippen LogP contribution < -0.4 is 15.8 Å². The van der Waals surface area contributed by atoms with Gasteiger partial charge in [0.2, 0.25) is 5.91 Å². The van der Waals surface area contributed by atoms with Gasteiger partial charge in [0.1, 0.15) is 16.4 Å². The van der Waals surface area contributed by atoms with E-state index in [1.165, 1.54) is 16.6 Å². The minimum atomic E-state index is -0.145. The van der Waals surface area contributed by atoms with E-state index in [-0.39, 0.29) is 11.7 Å². The summed E-state index contributed by atoms with van der Waals surface area (Å²) in [6.45, 7) is 6.71. The average Bonchev–Trinajstić information content (AvgIpc) is 2.93. The number of thioether (sulfide) groups is 1. The van der Waals surface area contributed by atoms with Gasteiger partial charge in [-0.1, -0.05) is 30.8 Å².